The Hall–Kier alpha value is -1.78. The summed E-state index contributed by atoms with van der Waals surface area (Å²) in [5.41, 5.74) is 4.83. The molecule has 3 nitrogen and oxygen atoms in total. The van der Waals surface area contributed by atoms with Gasteiger partial charge in [-0.1, -0.05) is 48.2 Å². The molecule has 0 aliphatic heterocycles. The number of benzene rings is 2. The van der Waals surface area contributed by atoms with Crippen LogP contribution in [0.1, 0.15) is 38.8 Å². The van der Waals surface area contributed by atoms with Crippen LogP contribution in [0.2, 0.25) is 0 Å². The Morgan fingerprint density at radius 1 is 0.962 bits per heavy atom. The largest absolute Gasteiger partial charge is 0.333 e. The van der Waals surface area contributed by atoms with Gasteiger partial charge < -0.3 is 4.98 Å². The van der Waals surface area contributed by atoms with E-state index in [1.165, 1.54) is 11.1 Å². The third kappa shape index (κ3) is 4.89. The number of nitrogens with one attached hydrogen (secondary N) is 1. The lowest BCUT2D eigenvalue weighted by Gasteiger charge is -2.30. The molecule has 3 rings (SSSR count). The van der Waals surface area contributed by atoms with Crippen molar-refractivity contribution >= 4 is 22.8 Å². The molecule has 3 aromatic rings. The van der Waals surface area contributed by atoms with Gasteiger partial charge in [-0.15, -0.1) is 0 Å². The fourth-order valence-corrected chi connectivity index (χ4v) is 4.24. The molecule has 0 atom stereocenters. The van der Waals surface area contributed by atoms with Crippen molar-refractivity contribution in [3.05, 3.63) is 59.7 Å². The lowest BCUT2D eigenvalue weighted by Crippen LogP contribution is -2.38. The van der Waals surface area contributed by atoms with Crippen LogP contribution in [0.5, 0.6) is 0 Å². The summed E-state index contributed by atoms with van der Waals surface area (Å²) in [5.74, 6) is 1.05. The van der Waals surface area contributed by atoms with Crippen molar-refractivity contribution in [2.24, 2.45) is 0 Å². The molecule has 0 aliphatic carbocycles. The summed E-state index contributed by atoms with van der Waals surface area (Å²) >= 11 is 1.81. The predicted molar refractivity (Wildman–Crippen MR) is 113 cm³/mol. The van der Waals surface area contributed by atoms with Crippen LogP contribution in [0, 0.1) is 0 Å². The lowest BCUT2D eigenvalue weighted by atomic mass is 10.0. The van der Waals surface area contributed by atoms with Gasteiger partial charge in [-0.25, -0.2) is 4.98 Å². The van der Waals surface area contributed by atoms with Crippen molar-refractivity contribution in [2.45, 2.75) is 51.4 Å². The van der Waals surface area contributed by atoms with Crippen molar-refractivity contribution in [1.82, 2.24) is 14.9 Å². The van der Waals surface area contributed by atoms with Gasteiger partial charge >= 0.3 is 0 Å². The first-order valence-electron chi connectivity index (χ1n) is 9.44. The van der Waals surface area contributed by atoms with Crippen LogP contribution in [-0.2, 0) is 6.42 Å². The number of aromatic amines is 1. The summed E-state index contributed by atoms with van der Waals surface area (Å²) in [6.07, 6.45) is 0.954. The SMILES string of the molecule is CC(C)N(CCSc1nc2ccc(Cc3ccccc3)cc2[nH]1)C(C)C. The second-order valence-electron chi connectivity index (χ2n) is 7.33. The maximum Gasteiger partial charge on any atom is 0.166 e. The van der Waals surface area contributed by atoms with Gasteiger partial charge in [0.05, 0.1) is 11.0 Å². The molecule has 4 heteroatoms. The molecule has 0 unspecified atom stereocenters. The Labute approximate surface area is 161 Å². The van der Waals surface area contributed by atoms with E-state index in [-0.39, 0.29) is 0 Å². The highest BCUT2D eigenvalue weighted by Gasteiger charge is 2.13. The molecule has 1 heterocycles. The number of hydrogen-bond donors (Lipinski definition) is 1. The number of thioether (sulfide) groups is 1. The maximum atomic E-state index is 4.74. The van der Waals surface area contributed by atoms with Gasteiger partial charge in [0.25, 0.3) is 0 Å². The normalized spacial score (nSPS) is 12.0. The third-order valence-electron chi connectivity index (χ3n) is 4.69. The number of hydrogen-bond acceptors (Lipinski definition) is 3. The van der Waals surface area contributed by atoms with E-state index < -0.39 is 0 Å². The molecule has 2 aromatic carbocycles. The van der Waals surface area contributed by atoms with Crippen molar-refractivity contribution in [2.75, 3.05) is 12.3 Å². The molecule has 0 amide bonds. The van der Waals surface area contributed by atoms with Gasteiger partial charge in [0.15, 0.2) is 5.16 Å². The van der Waals surface area contributed by atoms with Gasteiger partial charge in [0.2, 0.25) is 0 Å². The highest BCUT2D eigenvalue weighted by molar-refractivity contribution is 7.99. The minimum Gasteiger partial charge on any atom is -0.333 e. The second kappa shape index (κ2) is 8.74. The van der Waals surface area contributed by atoms with E-state index in [1.807, 2.05) is 11.8 Å². The van der Waals surface area contributed by atoms with Crippen molar-refractivity contribution in [3.8, 4) is 0 Å². The summed E-state index contributed by atoms with van der Waals surface area (Å²) in [6, 6.07) is 18.3. The van der Waals surface area contributed by atoms with Crippen LogP contribution in [0.25, 0.3) is 11.0 Å². The number of H-pyrrole nitrogens is 1. The smallest absolute Gasteiger partial charge is 0.166 e. The van der Waals surface area contributed by atoms with Crippen LogP contribution < -0.4 is 0 Å². The Balaban J connectivity index is 1.64. The monoisotopic (exact) mass is 367 g/mol. The van der Waals surface area contributed by atoms with E-state index >= 15 is 0 Å². The molecule has 1 N–H and O–H groups in total. The molecule has 0 spiro atoms. The number of aromatic nitrogens is 2. The molecular formula is C22H29N3S. The zero-order chi connectivity index (χ0) is 18.5. The van der Waals surface area contributed by atoms with E-state index in [4.69, 9.17) is 4.98 Å². The van der Waals surface area contributed by atoms with E-state index in [0.717, 1.165) is 34.9 Å². The van der Waals surface area contributed by atoms with Crippen molar-refractivity contribution in [1.29, 1.82) is 0 Å². The van der Waals surface area contributed by atoms with E-state index in [1.54, 1.807) is 0 Å². The van der Waals surface area contributed by atoms with E-state index in [9.17, 15) is 0 Å². The highest BCUT2D eigenvalue weighted by atomic mass is 32.2. The van der Waals surface area contributed by atoms with E-state index in [2.05, 4.69) is 86.1 Å². The summed E-state index contributed by atoms with van der Waals surface area (Å²) in [4.78, 5) is 10.7. The molecule has 26 heavy (non-hydrogen) atoms. The zero-order valence-electron chi connectivity index (χ0n) is 16.2. The number of nitrogens with zero attached hydrogens (tertiary/aromatic N) is 2. The molecule has 0 saturated heterocycles. The first-order chi connectivity index (χ1) is 12.5. The molecular weight excluding hydrogens is 338 g/mol. The number of rotatable bonds is 8. The maximum absolute atomic E-state index is 4.74. The molecule has 0 aliphatic rings. The van der Waals surface area contributed by atoms with Crippen molar-refractivity contribution < 1.29 is 0 Å². The summed E-state index contributed by atoms with van der Waals surface area (Å²) < 4.78 is 0. The predicted octanol–water partition coefficient (Wildman–Crippen LogP) is 5.36. The Bertz CT molecular complexity index is 816. The Kier molecular flexibility index (Phi) is 6.38. The molecule has 1 aromatic heterocycles. The highest BCUT2D eigenvalue weighted by Crippen LogP contribution is 2.22. The minimum absolute atomic E-state index is 0.576. The topological polar surface area (TPSA) is 31.9 Å². The van der Waals surface area contributed by atoms with E-state index in [0.29, 0.717) is 12.1 Å². The fraction of sp³-hybridized carbons (Fsp3) is 0.409. The van der Waals surface area contributed by atoms with Crippen molar-refractivity contribution in [3.63, 3.8) is 0 Å². The molecule has 138 valence electrons. The standard InChI is InChI=1S/C22H29N3S/c1-16(2)25(17(3)4)12-13-26-22-23-20-11-10-19(15-21(20)24-22)14-18-8-6-5-7-9-18/h5-11,15-17H,12-14H2,1-4H3,(H,23,24). The third-order valence-corrected chi connectivity index (χ3v) is 5.54. The summed E-state index contributed by atoms with van der Waals surface area (Å²) in [7, 11) is 0. The first kappa shape index (κ1) is 19.0. The van der Waals surface area contributed by atoms with Gasteiger partial charge in [-0.2, -0.15) is 0 Å². The number of fused-ring (bicyclic) bond motifs is 1. The average Bonchev–Trinajstić information content (AvgIpc) is 3.01. The number of imidazole rings is 1. The quantitative estimate of drug-likeness (QED) is 0.544. The second-order valence-corrected chi connectivity index (χ2v) is 8.41. The van der Waals surface area contributed by atoms with Gasteiger partial charge in [-0.05, 0) is 57.4 Å². The molecule has 0 saturated carbocycles. The van der Waals surface area contributed by atoms with Crippen LogP contribution in [-0.4, -0.2) is 39.2 Å². The van der Waals surface area contributed by atoms with Crippen LogP contribution in [0.15, 0.2) is 53.7 Å². The molecule has 0 bridgehead atoms. The molecule has 0 fully saturated rings. The Morgan fingerprint density at radius 3 is 2.38 bits per heavy atom. The zero-order valence-corrected chi connectivity index (χ0v) is 17.0. The van der Waals surface area contributed by atoms with Crippen LogP contribution in [0.3, 0.4) is 0 Å². The van der Waals surface area contributed by atoms with Gasteiger partial charge in [-0.3, -0.25) is 4.90 Å². The molecule has 0 radical (unpaired) electrons. The lowest BCUT2D eigenvalue weighted by molar-refractivity contribution is 0.187. The van der Waals surface area contributed by atoms with Gasteiger partial charge in [0, 0.05) is 24.4 Å². The average molecular weight is 368 g/mol. The van der Waals surface area contributed by atoms with Crippen LogP contribution in [0.4, 0.5) is 0 Å². The van der Waals surface area contributed by atoms with Gasteiger partial charge in [0.1, 0.15) is 0 Å². The van der Waals surface area contributed by atoms with Crippen LogP contribution >= 0.6 is 11.8 Å². The summed E-state index contributed by atoms with van der Waals surface area (Å²) in [5, 5.41) is 1.02. The fourth-order valence-electron chi connectivity index (χ4n) is 3.40. The Morgan fingerprint density at radius 2 is 1.69 bits per heavy atom. The first-order valence-corrected chi connectivity index (χ1v) is 10.4. The minimum atomic E-state index is 0.576. The summed E-state index contributed by atoms with van der Waals surface area (Å²) in [6.45, 7) is 10.1.